The van der Waals surface area contributed by atoms with E-state index >= 15 is 0 Å². The van der Waals surface area contributed by atoms with Gasteiger partial charge < -0.3 is 29.4 Å². The second-order valence-corrected chi connectivity index (χ2v) is 13.5. The van der Waals surface area contributed by atoms with E-state index in [4.69, 9.17) is 47.9 Å². The Kier molecular flexibility index (Phi) is 16.1. The zero-order chi connectivity index (χ0) is 41.1. The number of benzene rings is 1. The van der Waals surface area contributed by atoms with E-state index in [9.17, 15) is 39.6 Å². The van der Waals surface area contributed by atoms with Crippen molar-refractivity contribution < 1.29 is 63.2 Å². The molecule has 1 atom stereocenters. The third-order valence-electron chi connectivity index (χ3n) is 7.01. The van der Waals surface area contributed by atoms with E-state index < -0.39 is 69.9 Å². The Hall–Kier alpha value is -4.70. The van der Waals surface area contributed by atoms with Gasteiger partial charge in [-0.05, 0) is 31.9 Å². The molecule has 1 unspecified atom stereocenters. The summed E-state index contributed by atoms with van der Waals surface area (Å²) in [6, 6.07) is 1.99. The van der Waals surface area contributed by atoms with Gasteiger partial charge in [-0.15, -0.1) is 5.10 Å². The molecule has 0 radical (unpaired) electrons. The summed E-state index contributed by atoms with van der Waals surface area (Å²) in [6.07, 6.45) is -2.00. The van der Waals surface area contributed by atoms with Crippen molar-refractivity contribution in [3.63, 3.8) is 0 Å². The number of ether oxygens (including phenoxy) is 5. The molecule has 3 N–H and O–H groups in total. The molecule has 55 heavy (non-hydrogen) atoms. The highest BCUT2D eigenvalue weighted by atomic mass is 35.5. The number of carbonyl (C=O) groups excluding carboxylic acids is 1. The van der Waals surface area contributed by atoms with Crippen LogP contribution < -0.4 is 29.4 Å². The van der Waals surface area contributed by atoms with Gasteiger partial charge in [0.05, 0.1) is 37.8 Å². The number of hydrogen-bond donors (Lipinski definition) is 2. The first-order valence-corrected chi connectivity index (χ1v) is 18.2. The second kappa shape index (κ2) is 19.8. The number of fused-ring (bicyclic) bond motifs is 1. The molecule has 0 saturated heterocycles. The van der Waals surface area contributed by atoms with Gasteiger partial charge in [0.25, 0.3) is 22.4 Å². The molecule has 0 amide bonds. The van der Waals surface area contributed by atoms with Crippen molar-refractivity contribution in [3.05, 3.63) is 46.0 Å². The van der Waals surface area contributed by atoms with E-state index in [0.717, 1.165) is 48.8 Å². The van der Waals surface area contributed by atoms with Crippen LogP contribution in [0.25, 0.3) is 5.65 Å². The maximum absolute atomic E-state index is 13.5. The number of rotatable bonds is 17. The van der Waals surface area contributed by atoms with Crippen molar-refractivity contribution in [2.45, 2.75) is 69.6 Å². The van der Waals surface area contributed by atoms with Crippen molar-refractivity contribution in [2.24, 2.45) is 0 Å². The summed E-state index contributed by atoms with van der Waals surface area (Å²) in [6.45, 7) is 2.18. The molecular formula is C31H35Cl2F6N7O8S. The molecule has 0 saturated carbocycles. The van der Waals surface area contributed by atoms with Crippen LogP contribution in [0.15, 0.2) is 29.3 Å². The summed E-state index contributed by atoms with van der Waals surface area (Å²) >= 11 is 11.4. The predicted molar refractivity (Wildman–Crippen MR) is 186 cm³/mol. The van der Waals surface area contributed by atoms with Gasteiger partial charge in [-0.3, -0.25) is 0 Å². The Labute approximate surface area is 320 Å². The number of halogens is 8. The van der Waals surface area contributed by atoms with E-state index in [2.05, 4.69) is 31.7 Å². The van der Waals surface area contributed by atoms with Crippen LogP contribution in [0, 0.1) is 5.95 Å². The SMILES string of the molecule is CCCCCCC(C)OC(=O)COc1nc(F)c(Cl)c(N)c1Cl.COc1cnc(OC)n2nc(NS(=O)(=O)c3c(OCC(F)F)cccc3C(F)(F)F)nc12. The van der Waals surface area contributed by atoms with Crippen LogP contribution in [0.1, 0.15) is 51.5 Å². The fourth-order valence-electron chi connectivity index (χ4n) is 4.52. The number of unbranched alkanes of at least 4 members (excludes halogenated alkanes) is 3. The molecule has 1 aromatic carbocycles. The molecule has 0 aliphatic carbocycles. The van der Waals surface area contributed by atoms with Crippen molar-refractivity contribution in [1.29, 1.82) is 0 Å². The largest absolute Gasteiger partial charge is 0.491 e. The van der Waals surface area contributed by atoms with Gasteiger partial charge >= 0.3 is 18.2 Å². The molecule has 3 heterocycles. The highest BCUT2D eigenvalue weighted by Crippen LogP contribution is 2.40. The van der Waals surface area contributed by atoms with E-state index in [1.165, 1.54) is 20.4 Å². The Morgan fingerprint density at radius 3 is 2.36 bits per heavy atom. The number of methoxy groups -OCH3 is 2. The summed E-state index contributed by atoms with van der Waals surface area (Å²) in [5, 5.41) is 3.28. The van der Waals surface area contributed by atoms with Crippen molar-refractivity contribution in [2.75, 3.05) is 37.9 Å². The van der Waals surface area contributed by atoms with Crippen LogP contribution >= 0.6 is 23.2 Å². The van der Waals surface area contributed by atoms with Crippen LogP contribution in [0.5, 0.6) is 23.4 Å². The summed E-state index contributed by atoms with van der Waals surface area (Å²) in [4.78, 5) is 21.4. The monoisotopic (exact) mass is 849 g/mol. The molecular weight excluding hydrogens is 815 g/mol. The van der Waals surface area contributed by atoms with Crippen LogP contribution in [-0.2, 0) is 25.7 Å². The summed E-state index contributed by atoms with van der Waals surface area (Å²) in [5.41, 5.74) is 3.64. The zero-order valence-corrected chi connectivity index (χ0v) is 31.8. The molecule has 0 fully saturated rings. The fourth-order valence-corrected chi connectivity index (χ4v) is 6.19. The van der Waals surface area contributed by atoms with E-state index in [-0.39, 0.29) is 45.1 Å². The summed E-state index contributed by atoms with van der Waals surface area (Å²) in [7, 11) is -2.56. The molecule has 0 aliphatic rings. The van der Waals surface area contributed by atoms with Crippen molar-refractivity contribution in [3.8, 4) is 23.4 Å². The lowest BCUT2D eigenvalue weighted by Gasteiger charge is -2.17. The first-order chi connectivity index (χ1) is 25.8. The van der Waals surface area contributed by atoms with Crippen molar-refractivity contribution in [1.82, 2.24) is 24.6 Å². The Bertz CT molecular complexity index is 2000. The number of nitrogens with zero attached hydrogens (tertiary/aromatic N) is 5. The average molecular weight is 851 g/mol. The highest BCUT2D eigenvalue weighted by molar-refractivity contribution is 7.92. The van der Waals surface area contributed by atoms with E-state index in [0.29, 0.717) is 6.07 Å². The van der Waals surface area contributed by atoms with Crippen LogP contribution in [0.4, 0.5) is 38.0 Å². The Balaban J connectivity index is 0.000000313. The average Bonchev–Trinajstić information content (AvgIpc) is 3.54. The summed E-state index contributed by atoms with van der Waals surface area (Å²) in [5.74, 6) is -3.42. The van der Waals surface area contributed by atoms with Gasteiger partial charge in [-0.25, -0.2) is 26.7 Å². The minimum Gasteiger partial charge on any atom is -0.491 e. The van der Waals surface area contributed by atoms with Crippen LogP contribution in [-0.4, -0.2) is 78.9 Å². The topological polar surface area (TPSA) is 191 Å². The van der Waals surface area contributed by atoms with Crippen molar-refractivity contribution >= 4 is 56.5 Å². The minimum atomic E-state index is -5.14. The number of nitrogens with two attached hydrogens (primary N) is 1. The number of nitrogens with one attached hydrogen (secondary N) is 1. The maximum atomic E-state index is 13.5. The maximum Gasteiger partial charge on any atom is 0.417 e. The molecule has 15 nitrogen and oxygen atoms in total. The van der Waals surface area contributed by atoms with Gasteiger partial charge in [0.2, 0.25) is 17.5 Å². The van der Waals surface area contributed by atoms with Crippen LogP contribution in [0.3, 0.4) is 0 Å². The molecule has 3 aromatic heterocycles. The minimum absolute atomic E-state index is 0.0559. The van der Waals surface area contributed by atoms with E-state index in [1.807, 2.05) is 6.92 Å². The van der Waals surface area contributed by atoms with Gasteiger partial charge in [0.15, 0.2) is 12.4 Å². The number of alkyl halides is 5. The molecule has 4 rings (SSSR count). The number of anilines is 2. The second-order valence-electron chi connectivity index (χ2n) is 11.1. The van der Waals surface area contributed by atoms with Gasteiger partial charge in [0.1, 0.15) is 27.3 Å². The number of aromatic nitrogens is 5. The smallest absolute Gasteiger partial charge is 0.417 e. The number of hydrogen-bond acceptors (Lipinski definition) is 13. The Morgan fingerprint density at radius 1 is 1.04 bits per heavy atom. The third-order valence-corrected chi connectivity index (χ3v) is 9.15. The number of carbonyl (C=O) groups is 1. The molecule has 0 spiro atoms. The number of sulfonamides is 1. The quantitative estimate of drug-likeness (QED) is 0.0479. The lowest BCUT2D eigenvalue weighted by Crippen LogP contribution is -2.21. The zero-order valence-electron chi connectivity index (χ0n) is 29.4. The number of nitrogen functional groups attached to an aromatic ring is 1. The van der Waals surface area contributed by atoms with Gasteiger partial charge in [-0.2, -0.15) is 37.0 Å². The van der Waals surface area contributed by atoms with E-state index in [1.54, 1.807) is 4.72 Å². The molecule has 0 bridgehead atoms. The number of esters is 1. The summed E-state index contributed by atoms with van der Waals surface area (Å²) < 4.78 is 132. The normalized spacial score (nSPS) is 12.2. The molecule has 0 aliphatic heterocycles. The lowest BCUT2D eigenvalue weighted by molar-refractivity contribution is -0.151. The standard InChI is InChI=1S/C16H14F5N5O5S.C15H21Cl2FN2O3/c1-29-10-6-22-15(30-2)26-13(10)23-14(24-26)25-32(27,28)12-8(16(19,20)21)4-3-5-9(12)31-7-11(17)18;1-3-4-5-6-7-9(2)23-10(21)8-22-15-12(17)13(19)11(16)14(18)20-15/h3-6,11H,7H2,1-2H3,(H,24,25);9H,3-8H2,1-2H3,(H2,19,20). The number of pyridine rings is 1. The van der Waals surface area contributed by atoms with Gasteiger partial charge in [0, 0.05) is 0 Å². The predicted octanol–water partition coefficient (Wildman–Crippen LogP) is 7.00. The van der Waals surface area contributed by atoms with Crippen LogP contribution in [0.2, 0.25) is 10.0 Å². The first kappa shape index (κ1) is 44.7. The molecule has 4 aromatic rings. The first-order valence-electron chi connectivity index (χ1n) is 15.9. The third kappa shape index (κ3) is 12.1. The highest BCUT2D eigenvalue weighted by Gasteiger charge is 2.40. The Morgan fingerprint density at radius 2 is 1.75 bits per heavy atom. The molecule has 304 valence electrons. The fraction of sp³-hybridized carbons (Fsp3) is 0.452. The lowest BCUT2D eigenvalue weighted by atomic mass is 10.1. The molecule has 24 heteroatoms. The van der Waals surface area contributed by atoms with Gasteiger partial charge in [-0.1, -0.05) is 55.5 Å².